The smallest absolute Gasteiger partial charge is 0.282 e. The molecule has 5 N–H and O–H groups in total. The summed E-state index contributed by atoms with van der Waals surface area (Å²) in [5.41, 5.74) is 4.45. The van der Waals surface area contributed by atoms with Crippen molar-refractivity contribution in [3.63, 3.8) is 0 Å². The van der Waals surface area contributed by atoms with E-state index in [-0.39, 0.29) is 29.7 Å². The zero-order chi connectivity index (χ0) is 24.8. The van der Waals surface area contributed by atoms with Crippen molar-refractivity contribution in [2.75, 3.05) is 18.4 Å². The first-order chi connectivity index (χ1) is 15.9. The normalized spacial score (nSPS) is 15.0. The third-order valence-corrected chi connectivity index (χ3v) is 5.47. The monoisotopic (exact) mass is 475 g/mol. The zero-order valence-corrected chi connectivity index (χ0v) is 18.6. The number of hydrogen-bond acceptors (Lipinski definition) is 6. The highest BCUT2D eigenvalue weighted by Gasteiger charge is 2.37. The molecular weight excluding hydrogens is 451 g/mol. The standard InChI is InChI=1S/C23H24F3N5O3/c1-22(2,27)9-30-20(33)15-19(32)17-18-16(29-10-23(25,26)11-31(18)21(15)34)13(8-28-17)7-12-3-5-14(24)6-4-12/h3-6,8,29,32H,7,9-11,27H2,1-2H3,(H,30,33). The van der Waals surface area contributed by atoms with Gasteiger partial charge in [0.25, 0.3) is 17.4 Å². The first-order valence-electron chi connectivity index (χ1n) is 10.6. The summed E-state index contributed by atoms with van der Waals surface area (Å²) in [6.45, 7) is 1.50. The molecule has 0 radical (unpaired) electrons. The van der Waals surface area contributed by atoms with Crippen LogP contribution in [-0.2, 0) is 13.0 Å². The van der Waals surface area contributed by atoms with E-state index in [0.29, 0.717) is 11.1 Å². The molecule has 0 saturated heterocycles. The van der Waals surface area contributed by atoms with E-state index < -0.39 is 53.1 Å². The average molecular weight is 475 g/mol. The Kier molecular flexibility index (Phi) is 5.76. The minimum atomic E-state index is -3.33. The number of pyridine rings is 2. The van der Waals surface area contributed by atoms with Gasteiger partial charge in [0.15, 0.2) is 5.75 Å². The van der Waals surface area contributed by atoms with Crippen molar-refractivity contribution in [2.24, 2.45) is 5.73 Å². The van der Waals surface area contributed by atoms with Gasteiger partial charge in [-0.05, 0) is 31.5 Å². The van der Waals surface area contributed by atoms with E-state index in [2.05, 4.69) is 15.6 Å². The molecule has 1 amide bonds. The van der Waals surface area contributed by atoms with Gasteiger partial charge in [-0.2, -0.15) is 0 Å². The molecule has 3 heterocycles. The van der Waals surface area contributed by atoms with Crippen LogP contribution in [0.1, 0.15) is 35.3 Å². The Morgan fingerprint density at radius 2 is 2.00 bits per heavy atom. The van der Waals surface area contributed by atoms with Gasteiger partial charge >= 0.3 is 0 Å². The van der Waals surface area contributed by atoms with E-state index in [1.807, 2.05) is 0 Å². The van der Waals surface area contributed by atoms with Crippen LogP contribution in [0.3, 0.4) is 0 Å². The number of halogens is 3. The highest BCUT2D eigenvalue weighted by molar-refractivity contribution is 6.04. The molecule has 0 aliphatic carbocycles. The van der Waals surface area contributed by atoms with Crippen molar-refractivity contribution in [3.8, 4) is 5.75 Å². The number of nitrogens with two attached hydrogens (primary N) is 1. The number of aromatic hydroxyl groups is 1. The number of carbonyl (C=O) groups is 1. The summed E-state index contributed by atoms with van der Waals surface area (Å²) in [6, 6.07) is 5.65. The highest BCUT2D eigenvalue weighted by Crippen LogP contribution is 2.36. The van der Waals surface area contributed by atoms with E-state index in [1.165, 1.54) is 18.3 Å². The molecule has 0 bridgehead atoms. The molecule has 1 aliphatic rings. The van der Waals surface area contributed by atoms with Crippen molar-refractivity contribution < 1.29 is 23.1 Å². The van der Waals surface area contributed by atoms with Crippen molar-refractivity contribution in [3.05, 3.63) is 63.3 Å². The summed E-state index contributed by atoms with van der Waals surface area (Å²) in [5, 5.41) is 15.9. The number of hydrogen-bond donors (Lipinski definition) is 4. The van der Waals surface area contributed by atoms with Crippen molar-refractivity contribution in [1.82, 2.24) is 14.9 Å². The molecule has 0 spiro atoms. The maximum atomic E-state index is 14.6. The Bertz CT molecular complexity index is 1330. The third kappa shape index (κ3) is 4.56. The zero-order valence-electron chi connectivity index (χ0n) is 18.6. The Morgan fingerprint density at radius 1 is 1.32 bits per heavy atom. The Balaban J connectivity index is 1.90. The second-order valence-electron chi connectivity index (χ2n) is 9.15. The van der Waals surface area contributed by atoms with E-state index in [4.69, 9.17) is 5.73 Å². The van der Waals surface area contributed by atoms with Crippen molar-refractivity contribution in [1.29, 1.82) is 0 Å². The van der Waals surface area contributed by atoms with Crippen LogP contribution in [-0.4, -0.2) is 45.1 Å². The first kappa shape index (κ1) is 23.6. The predicted octanol–water partition coefficient (Wildman–Crippen LogP) is 2.36. The molecule has 11 heteroatoms. The van der Waals surface area contributed by atoms with Crippen LogP contribution in [0.15, 0.2) is 35.3 Å². The molecule has 0 fully saturated rings. The summed E-state index contributed by atoms with van der Waals surface area (Å²) < 4.78 is 43.3. The molecule has 4 rings (SSSR count). The molecule has 1 aromatic carbocycles. The fourth-order valence-corrected chi connectivity index (χ4v) is 3.84. The lowest BCUT2D eigenvalue weighted by Gasteiger charge is -2.20. The number of anilines is 1. The van der Waals surface area contributed by atoms with Gasteiger partial charge in [0.05, 0.1) is 24.3 Å². The van der Waals surface area contributed by atoms with Gasteiger partial charge in [0, 0.05) is 30.3 Å². The van der Waals surface area contributed by atoms with Gasteiger partial charge in [0.2, 0.25) is 0 Å². The molecule has 0 saturated carbocycles. The first-order valence-corrected chi connectivity index (χ1v) is 10.6. The maximum Gasteiger partial charge on any atom is 0.282 e. The molecule has 0 unspecified atom stereocenters. The number of alkyl halides is 2. The number of nitrogens with one attached hydrogen (secondary N) is 2. The lowest BCUT2D eigenvalue weighted by Crippen LogP contribution is -2.46. The fourth-order valence-electron chi connectivity index (χ4n) is 3.84. The second kappa shape index (κ2) is 8.32. The van der Waals surface area contributed by atoms with Gasteiger partial charge in [-0.25, -0.2) is 13.2 Å². The Hall–Kier alpha value is -3.60. The van der Waals surface area contributed by atoms with E-state index in [1.54, 1.807) is 26.0 Å². The van der Waals surface area contributed by atoms with Gasteiger partial charge in [-0.1, -0.05) is 12.1 Å². The summed E-state index contributed by atoms with van der Waals surface area (Å²) in [4.78, 5) is 30.2. The van der Waals surface area contributed by atoms with E-state index >= 15 is 0 Å². The Morgan fingerprint density at radius 3 is 2.65 bits per heavy atom. The van der Waals surface area contributed by atoms with Crippen LogP contribution in [0.25, 0.3) is 11.0 Å². The van der Waals surface area contributed by atoms with E-state index in [0.717, 1.165) is 4.57 Å². The molecule has 34 heavy (non-hydrogen) atoms. The van der Waals surface area contributed by atoms with Crippen LogP contribution < -0.4 is 21.9 Å². The average Bonchev–Trinajstić information content (AvgIpc) is 2.89. The number of benzene rings is 1. The molecule has 180 valence electrons. The second-order valence-corrected chi connectivity index (χ2v) is 9.15. The van der Waals surface area contributed by atoms with Gasteiger partial charge < -0.3 is 21.5 Å². The van der Waals surface area contributed by atoms with E-state index in [9.17, 15) is 27.9 Å². The third-order valence-electron chi connectivity index (χ3n) is 5.47. The highest BCUT2D eigenvalue weighted by atomic mass is 19.3. The van der Waals surface area contributed by atoms with Crippen molar-refractivity contribution >= 4 is 22.6 Å². The van der Waals surface area contributed by atoms with Gasteiger partial charge in [-0.15, -0.1) is 0 Å². The minimum Gasteiger partial charge on any atom is -0.505 e. The quantitative estimate of drug-likeness (QED) is 0.450. The molecule has 0 atom stereocenters. The largest absolute Gasteiger partial charge is 0.505 e. The molecule has 3 aromatic rings. The van der Waals surface area contributed by atoms with Gasteiger partial charge in [0.1, 0.15) is 16.9 Å². The van der Waals surface area contributed by atoms with Crippen LogP contribution in [0, 0.1) is 5.82 Å². The number of amides is 1. The van der Waals surface area contributed by atoms with Crippen molar-refractivity contribution in [2.45, 2.75) is 38.3 Å². The fraction of sp³-hybridized carbons (Fsp3) is 0.348. The minimum absolute atomic E-state index is 0.0181. The molecule has 8 nitrogen and oxygen atoms in total. The van der Waals surface area contributed by atoms with Gasteiger partial charge in [-0.3, -0.25) is 19.1 Å². The SMILES string of the molecule is CC(C)(N)CNC(=O)c1c(O)c2ncc(Cc3ccc(F)cc3)c3c2n(c1=O)CC(F)(F)CN3. The predicted molar refractivity (Wildman–Crippen MR) is 121 cm³/mol. The number of rotatable bonds is 5. The molecular formula is C23H24F3N5O3. The Labute approximate surface area is 192 Å². The van der Waals surface area contributed by atoms with Crippen LogP contribution >= 0.6 is 0 Å². The van der Waals surface area contributed by atoms with Crippen LogP contribution in [0.4, 0.5) is 18.9 Å². The summed E-state index contributed by atoms with van der Waals surface area (Å²) in [5.74, 6) is -5.39. The number of aromatic nitrogens is 2. The molecule has 2 aromatic heterocycles. The number of carbonyl (C=O) groups excluding carboxylic acids is 1. The summed E-state index contributed by atoms with van der Waals surface area (Å²) >= 11 is 0. The van der Waals surface area contributed by atoms with Crippen LogP contribution in [0.5, 0.6) is 5.75 Å². The number of nitrogens with zero attached hydrogens (tertiary/aromatic N) is 2. The lowest BCUT2D eigenvalue weighted by molar-refractivity contribution is -0.000936. The lowest BCUT2D eigenvalue weighted by atomic mass is 10.0. The molecule has 1 aliphatic heterocycles. The topological polar surface area (TPSA) is 122 Å². The summed E-state index contributed by atoms with van der Waals surface area (Å²) in [6.07, 6.45) is 1.58. The van der Waals surface area contributed by atoms with Crippen LogP contribution in [0.2, 0.25) is 0 Å². The maximum absolute atomic E-state index is 14.6. The summed E-state index contributed by atoms with van der Waals surface area (Å²) in [7, 11) is 0.